The molecule has 0 aliphatic rings. The van der Waals surface area contributed by atoms with Gasteiger partial charge < -0.3 is 5.11 Å². The van der Waals surface area contributed by atoms with Gasteiger partial charge in [0.05, 0.1) is 22.7 Å². The first-order valence-electron chi connectivity index (χ1n) is 9.95. The van der Waals surface area contributed by atoms with Crippen LogP contribution in [0.25, 0.3) is 22.4 Å². The monoisotopic (exact) mass is 428 g/mol. The minimum atomic E-state index is -0.632. The van der Waals surface area contributed by atoms with Gasteiger partial charge in [-0.25, -0.2) is 4.57 Å². The molecule has 2 aromatic heterocycles. The van der Waals surface area contributed by atoms with Crippen LogP contribution in [0.3, 0.4) is 0 Å². The van der Waals surface area contributed by atoms with E-state index in [1.807, 2.05) is 90.2 Å². The van der Waals surface area contributed by atoms with Crippen molar-refractivity contribution in [1.29, 1.82) is 0 Å². The molecule has 0 radical (unpaired) electrons. The van der Waals surface area contributed by atoms with Gasteiger partial charge in [0.2, 0.25) is 5.78 Å². The lowest BCUT2D eigenvalue weighted by molar-refractivity contribution is 0.204. The zero-order chi connectivity index (χ0) is 21.4. The topological polar surface area (TPSA) is 72.4 Å². The molecule has 0 saturated carbocycles. The van der Waals surface area contributed by atoms with Crippen LogP contribution in [0.2, 0.25) is 0 Å². The molecule has 0 spiro atoms. The number of thioether (sulfide) groups is 1. The summed E-state index contributed by atoms with van der Waals surface area (Å²) in [6.45, 7) is 2.01. The zero-order valence-electron chi connectivity index (χ0n) is 16.8. The van der Waals surface area contributed by atoms with Crippen LogP contribution >= 0.6 is 11.8 Å². The molecule has 31 heavy (non-hydrogen) atoms. The molecule has 0 saturated heterocycles. The van der Waals surface area contributed by atoms with Gasteiger partial charge in [-0.15, -0.1) is 10.2 Å². The first-order valence-corrected chi connectivity index (χ1v) is 10.9. The number of benzene rings is 3. The second-order valence-electron chi connectivity index (χ2n) is 7.35. The molecule has 6 nitrogen and oxygen atoms in total. The van der Waals surface area contributed by atoms with Crippen LogP contribution in [0.15, 0.2) is 88.8 Å². The predicted octanol–water partition coefficient (Wildman–Crippen LogP) is 4.17. The number of aryl methyl sites for hydroxylation is 1. The third-order valence-corrected chi connectivity index (χ3v) is 6.25. The summed E-state index contributed by atoms with van der Waals surface area (Å²) >= 11 is 1.41. The molecular formula is C24H20N4O2S. The molecule has 0 fully saturated rings. The Labute approximate surface area is 182 Å². The summed E-state index contributed by atoms with van der Waals surface area (Å²) in [5.41, 5.74) is 3.30. The smallest absolute Gasteiger partial charge is 0.267 e. The van der Waals surface area contributed by atoms with Crippen molar-refractivity contribution in [2.75, 3.05) is 5.75 Å². The second kappa shape index (κ2) is 8.02. The van der Waals surface area contributed by atoms with E-state index in [4.69, 9.17) is 0 Å². The van der Waals surface area contributed by atoms with Gasteiger partial charge in [-0.1, -0.05) is 71.9 Å². The fourth-order valence-corrected chi connectivity index (χ4v) is 4.53. The molecule has 5 rings (SSSR count). The van der Waals surface area contributed by atoms with Gasteiger partial charge in [0, 0.05) is 5.75 Å². The molecule has 5 aromatic rings. The maximum atomic E-state index is 13.3. The highest BCUT2D eigenvalue weighted by molar-refractivity contribution is 7.99. The van der Waals surface area contributed by atoms with E-state index in [2.05, 4.69) is 10.2 Å². The predicted molar refractivity (Wildman–Crippen MR) is 123 cm³/mol. The van der Waals surface area contributed by atoms with Crippen molar-refractivity contribution in [1.82, 2.24) is 19.2 Å². The van der Waals surface area contributed by atoms with Gasteiger partial charge in [0.1, 0.15) is 0 Å². The number of fused-ring (bicyclic) bond motifs is 3. The lowest BCUT2D eigenvalue weighted by Crippen LogP contribution is -2.21. The number of aliphatic hydroxyl groups is 1. The molecule has 7 heteroatoms. The summed E-state index contributed by atoms with van der Waals surface area (Å²) in [6, 6.07) is 24.7. The molecular weight excluding hydrogens is 408 g/mol. The fraction of sp³-hybridized carbons (Fsp3) is 0.125. The highest BCUT2D eigenvalue weighted by atomic mass is 32.2. The van der Waals surface area contributed by atoms with Crippen LogP contribution in [0.4, 0.5) is 0 Å². The van der Waals surface area contributed by atoms with Crippen molar-refractivity contribution in [3.63, 3.8) is 0 Å². The maximum Gasteiger partial charge on any atom is 0.267 e. The van der Waals surface area contributed by atoms with Crippen LogP contribution in [-0.4, -0.2) is 30.0 Å². The van der Waals surface area contributed by atoms with Gasteiger partial charge in [-0.3, -0.25) is 9.20 Å². The molecule has 0 amide bonds. The van der Waals surface area contributed by atoms with E-state index in [9.17, 15) is 9.90 Å². The lowest BCUT2D eigenvalue weighted by Gasteiger charge is -2.12. The van der Waals surface area contributed by atoms with E-state index in [0.29, 0.717) is 22.1 Å². The van der Waals surface area contributed by atoms with Gasteiger partial charge in [-0.05, 0) is 36.8 Å². The standard InChI is InChI=1S/C24H20N4O2S/c1-16-11-13-18(14-12-16)27-22(30)19-9-5-6-10-20(19)28-23(27)25-26-24(28)31-15-21(29)17-7-3-2-4-8-17/h2-14,21,29H,15H2,1H3/t21-/m1/s1. The highest BCUT2D eigenvalue weighted by Gasteiger charge is 2.19. The van der Waals surface area contributed by atoms with Crippen LogP contribution in [-0.2, 0) is 0 Å². The van der Waals surface area contributed by atoms with E-state index in [1.54, 1.807) is 4.57 Å². The van der Waals surface area contributed by atoms with Gasteiger partial charge >= 0.3 is 0 Å². The number of para-hydroxylation sites is 1. The second-order valence-corrected chi connectivity index (χ2v) is 8.34. The molecule has 0 aliphatic heterocycles. The van der Waals surface area contributed by atoms with E-state index in [0.717, 1.165) is 22.3 Å². The van der Waals surface area contributed by atoms with Crippen LogP contribution in [0.1, 0.15) is 17.2 Å². The summed E-state index contributed by atoms with van der Waals surface area (Å²) in [5.74, 6) is 0.868. The first-order chi connectivity index (χ1) is 15.1. The molecule has 0 bridgehead atoms. The Bertz CT molecular complexity index is 1430. The summed E-state index contributed by atoms with van der Waals surface area (Å²) in [4.78, 5) is 13.3. The number of aromatic nitrogens is 4. The van der Waals surface area contributed by atoms with Crippen molar-refractivity contribution < 1.29 is 5.11 Å². The Morgan fingerprint density at radius 2 is 1.65 bits per heavy atom. The number of rotatable bonds is 5. The molecule has 154 valence electrons. The first kappa shape index (κ1) is 19.5. The fourth-order valence-electron chi connectivity index (χ4n) is 3.62. The van der Waals surface area contributed by atoms with E-state index in [1.165, 1.54) is 11.8 Å². The van der Waals surface area contributed by atoms with Crippen molar-refractivity contribution in [2.45, 2.75) is 18.2 Å². The van der Waals surface area contributed by atoms with E-state index < -0.39 is 6.10 Å². The van der Waals surface area contributed by atoms with Gasteiger partial charge in [0.15, 0.2) is 5.16 Å². The largest absolute Gasteiger partial charge is 0.388 e. The quantitative estimate of drug-likeness (QED) is 0.426. The van der Waals surface area contributed by atoms with Gasteiger partial charge in [0.25, 0.3) is 5.56 Å². The minimum Gasteiger partial charge on any atom is -0.388 e. The summed E-state index contributed by atoms with van der Waals surface area (Å²) < 4.78 is 3.48. The molecule has 1 N–H and O–H groups in total. The Balaban J connectivity index is 1.64. The van der Waals surface area contributed by atoms with E-state index >= 15 is 0 Å². The Morgan fingerprint density at radius 3 is 2.42 bits per heavy atom. The SMILES string of the molecule is Cc1ccc(-n2c(=O)c3ccccc3n3c(SC[C@@H](O)c4ccccc4)nnc23)cc1. The maximum absolute atomic E-state index is 13.3. The Morgan fingerprint density at radius 1 is 0.935 bits per heavy atom. The Kier molecular flexibility index (Phi) is 5.05. The summed E-state index contributed by atoms with van der Waals surface area (Å²) in [5, 5.41) is 20.5. The van der Waals surface area contributed by atoms with Crippen molar-refractivity contribution >= 4 is 28.4 Å². The van der Waals surface area contributed by atoms with Crippen molar-refractivity contribution in [3.05, 3.63) is 100 Å². The molecule has 0 unspecified atom stereocenters. The molecule has 1 atom stereocenters. The third kappa shape index (κ3) is 3.52. The normalized spacial score (nSPS) is 12.5. The average Bonchev–Trinajstić information content (AvgIpc) is 3.23. The molecule has 3 aromatic carbocycles. The van der Waals surface area contributed by atoms with E-state index in [-0.39, 0.29) is 5.56 Å². The summed E-state index contributed by atoms with van der Waals surface area (Å²) in [6.07, 6.45) is -0.632. The van der Waals surface area contributed by atoms with Crippen LogP contribution < -0.4 is 5.56 Å². The van der Waals surface area contributed by atoms with Crippen LogP contribution in [0, 0.1) is 6.92 Å². The van der Waals surface area contributed by atoms with Crippen molar-refractivity contribution in [2.24, 2.45) is 0 Å². The molecule has 0 aliphatic carbocycles. The van der Waals surface area contributed by atoms with Gasteiger partial charge in [-0.2, -0.15) is 0 Å². The number of aliphatic hydroxyl groups excluding tert-OH is 1. The number of hydrogen-bond acceptors (Lipinski definition) is 5. The zero-order valence-corrected chi connectivity index (χ0v) is 17.7. The minimum absolute atomic E-state index is 0.139. The Hall–Kier alpha value is -3.42. The number of hydrogen-bond donors (Lipinski definition) is 1. The highest BCUT2D eigenvalue weighted by Crippen LogP contribution is 2.26. The molecule has 2 heterocycles. The number of nitrogens with zero attached hydrogens (tertiary/aromatic N) is 4. The van der Waals surface area contributed by atoms with Crippen molar-refractivity contribution in [3.8, 4) is 5.69 Å². The average molecular weight is 429 g/mol. The summed E-state index contributed by atoms with van der Waals surface area (Å²) in [7, 11) is 0. The lowest BCUT2D eigenvalue weighted by atomic mass is 10.1. The third-order valence-electron chi connectivity index (χ3n) is 5.24. The van der Waals surface area contributed by atoms with Crippen LogP contribution in [0.5, 0.6) is 0 Å².